The molecule has 2 rings (SSSR count). The van der Waals surface area contributed by atoms with Gasteiger partial charge in [0.05, 0.1) is 12.2 Å². The maximum atomic E-state index is 13.7. The van der Waals surface area contributed by atoms with Crippen LogP contribution >= 0.6 is 0 Å². The summed E-state index contributed by atoms with van der Waals surface area (Å²) in [5.74, 6) is -0.270. The molecule has 4 nitrogen and oxygen atoms in total. The Hall–Kier alpha value is -1.49. The molecule has 1 aliphatic heterocycles. The molecule has 2 heterocycles. The van der Waals surface area contributed by atoms with Crippen LogP contribution in [0.1, 0.15) is 45.2 Å². The summed E-state index contributed by atoms with van der Waals surface area (Å²) in [4.78, 5) is 15.9. The molecule has 19 heavy (non-hydrogen) atoms. The number of rotatable bonds is 4. The maximum Gasteiger partial charge on any atom is 0.242 e. The first-order chi connectivity index (χ1) is 8.95. The fourth-order valence-corrected chi connectivity index (χ4v) is 2.33. The molecule has 1 saturated heterocycles. The summed E-state index contributed by atoms with van der Waals surface area (Å²) in [6.07, 6.45) is 4.28. The highest BCUT2D eigenvalue weighted by Gasteiger charge is 2.39. The average molecular weight is 265 g/mol. The number of hydrazine groups is 1. The van der Waals surface area contributed by atoms with E-state index in [1.165, 1.54) is 6.20 Å². The first-order valence-electron chi connectivity index (χ1n) is 6.63. The molecule has 0 aliphatic carbocycles. The van der Waals surface area contributed by atoms with Crippen LogP contribution in [-0.4, -0.2) is 22.4 Å². The van der Waals surface area contributed by atoms with E-state index in [2.05, 4.69) is 10.4 Å². The summed E-state index contributed by atoms with van der Waals surface area (Å²) in [5.41, 5.74) is 3.36. The second kappa shape index (κ2) is 5.25. The molecular formula is C14H20FN3O. The number of amides is 1. The number of halogens is 1. The van der Waals surface area contributed by atoms with Crippen LogP contribution in [0.15, 0.2) is 18.5 Å². The van der Waals surface area contributed by atoms with Crippen LogP contribution in [0.2, 0.25) is 0 Å². The average Bonchev–Trinajstić information content (AvgIpc) is 2.63. The molecule has 0 bridgehead atoms. The number of carbonyl (C=O) groups is 1. The van der Waals surface area contributed by atoms with Gasteiger partial charge in [0.25, 0.3) is 0 Å². The predicted molar refractivity (Wildman–Crippen MR) is 70.5 cm³/mol. The monoisotopic (exact) mass is 265 g/mol. The Balaban J connectivity index is 2.13. The molecule has 5 heteroatoms. The van der Waals surface area contributed by atoms with Crippen molar-refractivity contribution in [2.45, 2.75) is 39.7 Å². The number of nitrogens with zero attached hydrogens (tertiary/aromatic N) is 2. The summed E-state index contributed by atoms with van der Waals surface area (Å²) in [6.45, 7) is 6.49. The number of aromatic nitrogens is 1. The highest BCUT2D eigenvalue weighted by molar-refractivity contribution is 5.83. The Kier molecular flexibility index (Phi) is 3.85. The highest BCUT2D eigenvalue weighted by Crippen LogP contribution is 2.31. The van der Waals surface area contributed by atoms with Crippen molar-refractivity contribution in [1.29, 1.82) is 0 Å². The second-order valence-corrected chi connectivity index (χ2v) is 5.58. The van der Waals surface area contributed by atoms with Gasteiger partial charge in [0.1, 0.15) is 5.82 Å². The first-order valence-corrected chi connectivity index (χ1v) is 6.63. The molecular weight excluding hydrogens is 245 g/mol. The van der Waals surface area contributed by atoms with Gasteiger partial charge in [-0.05, 0) is 18.9 Å². The van der Waals surface area contributed by atoms with Crippen molar-refractivity contribution in [1.82, 2.24) is 15.4 Å². The molecule has 0 saturated carbocycles. The topological polar surface area (TPSA) is 45.2 Å². The van der Waals surface area contributed by atoms with Crippen LogP contribution in [0.4, 0.5) is 4.39 Å². The van der Waals surface area contributed by atoms with Crippen molar-refractivity contribution in [3.8, 4) is 0 Å². The van der Waals surface area contributed by atoms with E-state index in [0.717, 1.165) is 6.42 Å². The van der Waals surface area contributed by atoms with Gasteiger partial charge in [-0.25, -0.2) is 9.82 Å². The van der Waals surface area contributed by atoms with Gasteiger partial charge in [-0.1, -0.05) is 20.8 Å². The summed E-state index contributed by atoms with van der Waals surface area (Å²) < 4.78 is 13.7. The highest BCUT2D eigenvalue weighted by atomic mass is 19.1. The SMILES string of the molecule is CCC(NN1CCC(C)(C)C1=O)c1ccncc1F. The number of pyridine rings is 1. The van der Waals surface area contributed by atoms with Crippen LogP contribution in [0, 0.1) is 11.2 Å². The maximum absolute atomic E-state index is 13.7. The Morgan fingerprint density at radius 1 is 1.58 bits per heavy atom. The van der Waals surface area contributed by atoms with Crippen LogP contribution in [0.5, 0.6) is 0 Å². The van der Waals surface area contributed by atoms with E-state index in [-0.39, 0.29) is 23.2 Å². The third kappa shape index (κ3) is 2.76. The Morgan fingerprint density at radius 2 is 2.32 bits per heavy atom. The summed E-state index contributed by atoms with van der Waals surface area (Å²) in [5, 5.41) is 1.62. The zero-order chi connectivity index (χ0) is 14.0. The molecule has 1 aromatic rings. The minimum atomic E-state index is -0.340. The number of nitrogens with one attached hydrogen (secondary N) is 1. The van der Waals surface area contributed by atoms with Gasteiger partial charge >= 0.3 is 0 Å². The van der Waals surface area contributed by atoms with E-state index in [9.17, 15) is 9.18 Å². The fraction of sp³-hybridized carbons (Fsp3) is 0.571. The van der Waals surface area contributed by atoms with E-state index >= 15 is 0 Å². The van der Waals surface area contributed by atoms with Gasteiger partial charge in [-0.2, -0.15) is 0 Å². The molecule has 104 valence electrons. The van der Waals surface area contributed by atoms with Crippen molar-refractivity contribution < 1.29 is 9.18 Å². The summed E-state index contributed by atoms with van der Waals surface area (Å²) in [7, 11) is 0. The summed E-state index contributed by atoms with van der Waals surface area (Å²) >= 11 is 0. The van der Waals surface area contributed by atoms with Crippen molar-refractivity contribution >= 4 is 5.91 Å². The minimum absolute atomic E-state index is 0.0698. The van der Waals surface area contributed by atoms with Crippen molar-refractivity contribution in [2.75, 3.05) is 6.54 Å². The Bertz CT molecular complexity index is 476. The van der Waals surface area contributed by atoms with Crippen molar-refractivity contribution in [3.05, 3.63) is 29.8 Å². The number of hydrogen-bond acceptors (Lipinski definition) is 3. The predicted octanol–water partition coefficient (Wildman–Crippen LogP) is 2.43. The van der Waals surface area contributed by atoms with Crippen LogP contribution in [0.3, 0.4) is 0 Å². The Labute approximate surface area is 113 Å². The van der Waals surface area contributed by atoms with E-state index in [0.29, 0.717) is 18.5 Å². The van der Waals surface area contributed by atoms with Gasteiger partial charge in [0.15, 0.2) is 0 Å². The molecule has 1 amide bonds. The molecule has 0 aromatic carbocycles. The number of carbonyl (C=O) groups excluding carboxylic acids is 1. The van der Waals surface area contributed by atoms with E-state index in [1.54, 1.807) is 17.3 Å². The Morgan fingerprint density at radius 3 is 2.84 bits per heavy atom. The van der Waals surface area contributed by atoms with Gasteiger partial charge in [0.2, 0.25) is 5.91 Å². The lowest BCUT2D eigenvalue weighted by atomic mass is 9.92. The van der Waals surface area contributed by atoms with Crippen LogP contribution in [-0.2, 0) is 4.79 Å². The largest absolute Gasteiger partial charge is 0.277 e. The van der Waals surface area contributed by atoms with Crippen molar-refractivity contribution in [2.24, 2.45) is 5.41 Å². The van der Waals surface area contributed by atoms with E-state index in [4.69, 9.17) is 0 Å². The molecule has 1 aromatic heterocycles. The molecule has 0 radical (unpaired) electrons. The smallest absolute Gasteiger partial charge is 0.242 e. The lowest BCUT2D eigenvalue weighted by Crippen LogP contribution is -2.43. The molecule has 1 N–H and O–H groups in total. The van der Waals surface area contributed by atoms with Gasteiger partial charge < -0.3 is 0 Å². The molecule has 1 atom stereocenters. The van der Waals surface area contributed by atoms with Crippen molar-refractivity contribution in [3.63, 3.8) is 0 Å². The lowest BCUT2D eigenvalue weighted by Gasteiger charge is -2.26. The van der Waals surface area contributed by atoms with Gasteiger partial charge in [0, 0.05) is 23.7 Å². The second-order valence-electron chi connectivity index (χ2n) is 5.58. The molecule has 1 aliphatic rings. The molecule has 0 spiro atoms. The fourth-order valence-electron chi connectivity index (χ4n) is 2.33. The van der Waals surface area contributed by atoms with Gasteiger partial charge in [-0.15, -0.1) is 0 Å². The quantitative estimate of drug-likeness (QED) is 0.909. The zero-order valence-electron chi connectivity index (χ0n) is 11.6. The lowest BCUT2D eigenvalue weighted by molar-refractivity contribution is -0.137. The zero-order valence-corrected chi connectivity index (χ0v) is 11.6. The minimum Gasteiger partial charge on any atom is -0.277 e. The molecule has 1 fully saturated rings. The summed E-state index contributed by atoms with van der Waals surface area (Å²) in [6, 6.07) is 1.45. The number of hydrogen-bond donors (Lipinski definition) is 1. The van der Waals surface area contributed by atoms with E-state index < -0.39 is 0 Å². The van der Waals surface area contributed by atoms with E-state index in [1.807, 2.05) is 20.8 Å². The third-order valence-electron chi connectivity index (χ3n) is 3.68. The van der Waals surface area contributed by atoms with Crippen LogP contribution < -0.4 is 5.43 Å². The molecule has 1 unspecified atom stereocenters. The third-order valence-corrected chi connectivity index (χ3v) is 3.68. The first kappa shape index (κ1) is 13.9. The van der Waals surface area contributed by atoms with Crippen LogP contribution in [0.25, 0.3) is 0 Å². The van der Waals surface area contributed by atoms with Gasteiger partial charge in [-0.3, -0.25) is 14.8 Å². The standard InChI is InChI=1S/C14H20FN3O/c1-4-12(10-5-7-16-9-11(10)15)17-18-8-6-14(2,3)13(18)19/h5,7,9,12,17H,4,6,8H2,1-3H3. The normalized spacial score (nSPS) is 19.8.